The molecule has 2 atom stereocenters. The molecule has 2 heterocycles. The number of rotatable bonds is 4. The van der Waals surface area contributed by atoms with E-state index in [0.29, 0.717) is 35.1 Å². The molecule has 1 saturated carbocycles. The number of anilines is 1. The van der Waals surface area contributed by atoms with E-state index in [0.717, 1.165) is 16.5 Å². The summed E-state index contributed by atoms with van der Waals surface area (Å²) >= 11 is 0. The van der Waals surface area contributed by atoms with Crippen LogP contribution in [0.15, 0.2) is 47.0 Å². The van der Waals surface area contributed by atoms with Crippen molar-refractivity contribution in [2.75, 3.05) is 5.32 Å². The molecule has 28 heavy (non-hydrogen) atoms. The average Bonchev–Trinajstić information content (AvgIpc) is 3.12. The number of H-pyrrole nitrogens is 1. The predicted molar refractivity (Wildman–Crippen MR) is 101 cm³/mol. The molecule has 0 saturated heterocycles. The number of alkyl halides is 1. The van der Waals surface area contributed by atoms with Gasteiger partial charge >= 0.3 is 0 Å². The zero-order valence-corrected chi connectivity index (χ0v) is 14.9. The van der Waals surface area contributed by atoms with Gasteiger partial charge in [-0.2, -0.15) is 10.1 Å². The fourth-order valence-electron chi connectivity index (χ4n) is 3.14. The summed E-state index contributed by atoms with van der Waals surface area (Å²) in [7, 11) is 0. The molecule has 1 amide bonds. The zero-order chi connectivity index (χ0) is 19.3. The monoisotopic (exact) mass is 377 g/mol. The second-order valence-corrected chi connectivity index (χ2v) is 6.92. The maximum atomic E-state index is 13.2. The summed E-state index contributed by atoms with van der Waals surface area (Å²) in [5, 5.41) is 14.6. The lowest BCUT2D eigenvalue weighted by Crippen LogP contribution is -2.13. The Morgan fingerprint density at radius 1 is 1.29 bits per heavy atom. The van der Waals surface area contributed by atoms with Crippen LogP contribution in [0.5, 0.6) is 0 Å². The highest BCUT2D eigenvalue weighted by molar-refractivity contribution is 6.11. The largest absolute Gasteiger partial charge is 0.339 e. The Balaban J connectivity index is 1.43. The molecule has 2 aromatic carbocycles. The third-order valence-corrected chi connectivity index (χ3v) is 4.90. The van der Waals surface area contributed by atoms with Gasteiger partial charge in [-0.3, -0.25) is 9.89 Å². The minimum Gasteiger partial charge on any atom is -0.339 e. The number of nitrogens with one attached hydrogen (secondary N) is 2. The molecule has 5 rings (SSSR count). The number of aryl methyl sites for hydroxylation is 1. The second kappa shape index (κ2) is 6.26. The molecule has 1 fully saturated rings. The van der Waals surface area contributed by atoms with E-state index in [4.69, 9.17) is 4.52 Å². The quantitative estimate of drug-likeness (QED) is 0.560. The van der Waals surface area contributed by atoms with Crippen molar-refractivity contribution in [2.45, 2.75) is 25.4 Å². The van der Waals surface area contributed by atoms with Gasteiger partial charge in [0.2, 0.25) is 11.7 Å². The Morgan fingerprint density at radius 3 is 2.93 bits per heavy atom. The van der Waals surface area contributed by atoms with Crippen LogP contribution in [-0.4, -0.2) is 32.4 Å². The highest BCUT2D eigenvalue weighted by Crippen LogP contribution is 2.43. The molecule has 1 aliphatic carbocycles. The van der Waals surface area contributed by atoms with Gasteiger partial charge < -0.3 is 9.84 Å². The summed E-state index contributed by atoms with van der Waals surface area (Å²) in [4.78, 5) is 17.0. The minimum atomic E-state index is -0.898. The SMILES string of the molecule is Cc1ccc(-c2noc([C@H]3C[C@@H]3F)n2)cc1NC(=O)c1n[nH]c2ccccc12. The van der Waals surface area contributed by atoms with Crippen LogP contribution in [0.4, 0.5) is 10.1 Å². The number of halogens is 1. The first kappa shape index (κ1) is 16.6. The van der Waals surface area contributed by atoms with Gasteiger partial charge in [0.15, 0.2) is 5.69 Å². The van der Waals surface area contributed by atoms with E-state index in [1.165, 1.54) is 0 Å². The molecule has 0 unspecified atom stereocenters. The minimum absolute atomic E-state index is 0.293. The molecule has 2 aromatic heterocycles. The van der Waals surface area contributed by atoms with Crippen molar-refractivity contribution in [3.8, 4) is 11.4 Å². The number of aromatic amines is 1. The number of benzene rings is 2. The fourth-order valence-corrected chi connectivity index (χ4v) is 3.14. The van der Waals surface area contributed by atoms with Crippen molar-refractivity contribution < 1.29 is 13.7 Å². The molecular formula is C20H16FN5O2. The van der Waals surface area contributed by atoms with Gasteiger partial charge in [-0.05, 0) is 31.0 Å². The molecule has 8 heteroatoms. The molecule has 1 aliphatic rings. The van der Waals surface area contributed by atoms with Gasteiger partial charge in [-0.25, -0.2) is 4.39 Å². The van der Waals surface area contributed by atoms with Gasteiger partial charge in [0.25, 0.3) is 5.91 Å². The number of para-hydroxylation sites is 1. The summed E-state index contributed by atoms with van der Waals surface area (Å²) in [6.45, 7) is 1.89. The molecule has 4 aromatic rings. The fraction of sp³-hybridized carbons (Fsp3) is 0.200. The lowest BCUT2D eigenvalue weighted by Gasteiger charge is -2.08. The highest BCUT2D eigenvalue weighted by atomic mass is 19.1. The number of carbonyl (C=O) groups excluding carboxylic acids is 1. The van der Waals surface area contributed by atoms with Crippen LogP contribution in [0, 0.1) is 6.92 Å². The van der Waals surface area contributed by atoms with Crippen molar-refractivity contribution in [1.29, 1.82) is 0 Å². The standard InChI is InChI=1S/C20H16FN5O2/c1-10-6-7-11(18-23-20(28-26-18)13-9-14(13)21)8-16(10)22-19(27)17-12-4-2-3-5-15(12)24-25-17/h2-8,13-14H,9H2,1H3,(H,22,27)(H,24,25)/t13-,14-/m0/s1. The van der Waals surface area contributed by atoms with Gasteiger partial charge in [-0.1, -0.05) is 35.5 Å². The Labute approximate surface area is 159 Å². The number of nitrogens with zero attached hydrogens (tertiary/aromatic N) is 3. The Morgan fingerprint density at radius 2 is 2.11 bits per heavy atom. The van der Waals surface area contributed by atoms with E-state index in [1.807, 2.05) is 43.3 Å². The highest BCUT2D eigenvalue weighted by Gasteiger charge is 2.43. The lowest BCUT2D eigenvalue weighted by atomic mass is 10.1. The van der Waals surface area contributed by atoms with Crippen LogP contribution in [-0.2, 0) is 0 Å². The smallest absolute Gasteiger partial charge is 0.276 e. The van der Waals surface area contributed by atoms with Crippen molar-refractivity contribution in [1.82, 2.24) is 20.3 Å². The number of fused-ring (bicyclic) bond motifs is 1. The number of aromatic nitrogens is 4. The topological polar surface area (TPSA) is 96.7 Å². The Kier molecular flexibility index (Phi) is 3.71. The predicted octanol–water partition coefficient (Wildman–Crippen LogP) is 4.00. The summed E-state index contributed by atoms with van der Waals surface area (Å²) in [5.41, 5.74) is 3.30. The molecule has 0 spiro atoms. The lowest BCUT2D eigenvalue weighted by molar-refractivity contribution is 0.102. The first-order valence-electron chi connectivity index (χ1n) is 8.93. The Hall–Kier alpha value is -3.55. The number of hydrogen-bond donors (Lipinski definition) is 2. The van der Waals surface area contributed by atoms with Crippen LogP contribution < -0.4 is 5.32 Å². The van der Waals surface area contributed by atoms with E-state index >= 15 is 0 Å². The van der Waals surface area contributed by atoms with Crippen LogP contribution in [0.3, 0.4) is 0 Å². The first-order chi connectivity index (χ1) is 13.6. The molecular weight excluding hydrogens is 361 g/mol. The van der Waals surface area contributed by atoms with E-state index in [-0.39, 0.29) is 11.8 Å². The maximum Gasteiger partial charge on any atom is 0.276 e. The van der Waals surface area contributed by atoms with E-state index in [2.05, 4.69) is 25.7 Å². The third kappa shape index (κ3) is 2.83. The van der Waals surface area contributed by atoms with Crippen molar-refractivity contribution in [3.05, 3.63) is 59.6 Å². The van der Waals surface area contributed by atoms with Gasteiger partial charge in [0, 0.05) is 16.6 Å². The van der Waals surface area contributed by atoms with Crippen molar-refractivity contribution in [3.63, 3.8) is 0 Å². The van der Waals surface area contributed by atoms with E-state index < -0.39 is 6.17 Å². The normalized spacial score (nSPS) is 18.4. The maximum absolute atomic E-state index is 13.2. The molecule has 140 valence electrons. The molecule has 2 N–H and O–H groups in total. The second-order valence-electron chi connectivity index (χ2n) is 6.92. The summed E-state index contributed by atoms with van der Waals surface area (Å²) in [6.07, 6.45) is -0.473. The van der Waals surface area contributed by atoms with Gasteiger partial charge in [0.1, 0.15) is 6.17 Å². The van der Waals surface area contributed by atoms with E-state index in [1.54, 1.807) is 6.07 Å². The number of carbonyl (C=O) groups is 1. The van der Waals surface area contributed by atoms with Gasteiger partial charge in [-0.15, -0.1) is 0 Å². The van der Waals surface area contributed by atoms with Crippen LogP contribution in [0.1, 0.15) is 34.3 Å². The van der Waals surface area contributed by atoms with Crippen molar-refractivity contribution in [2.24, 2.45) is 0 Å². The zero-order valence-electron chi connectivity index (χ0n) is 14.9. The number of hydrogen-bond acceptors (Lipinski definition) is 5. The van der Waals surface area contributed by atoms with Gasteiger partial charge in [0.05, 0.1) is 11.4 Å². The molecule has 0 aliphatic heterocycles. The third-order valence-electron chi connectivity index (χ3n) is 4.90. The van der Waals surface area contributed by atoms with Crippen LogP contribution in [0.25, 0.3) is 22.3 Å². The van der Waals surface area contributed by atoms with Crippen LogP contribution >= 0.6 is 0 Å². The van der Waals surface area contributed by atoms with Crippen molar-refractivity contribution >= 4 is 22.5 Å². The average molecular weight is 377 g/mol. The summed E-state index contributed by atoms with van der Waals surface area (Å²) in [5.74, 6) is 0.0787. The summed E-state index contributed by atoms with van der Waals surface area (Å²) in [6, 6.07) is 12.9. The first-order valence-corrected chi connectivity index (χ1v) is 8.93. The Bertz CT molecular complexity index is 1200. The molecule has 0 radical (unpaired) electrons. The summed E-state index contributed by atoms with van der Waals surface area (Å²) < 4.78 is 18.4. The van der Waals surface area contributed by atoms with Crippen LogP contribution in [0.2, 0.25) is 0 Å². The molecule has 7 nitrogen and oxygen atoms in total. The molecule has 0 bridgehead atoms. The van der Waals surface area contributed by atoms with E-state index in [9.17, 15) is 9.18 Å². The number of amides is 1.